The minimum Gasteiger partial charge on any atom is -0.362 e. The number of amides is 2. The normalized spacial score (nSPS) is 17.5. The van der Waals surface area contributed by atoms with Gasteiger partial charge in [0, 0.05) is 37.1 Å². The summed E-state index contributed by atoms with van der Waals surface area (Å²) in [5.41, 5.74) is 3.03. The lowest BCUT2D eigenvalue weighted by Gasteiger charge is -2.30. The SMILES string of the molecule is Cc1noc(-c2ccccc2)c1NC(=O)N[C@H]1CC[C@@H](Nc2nc(N(C)C)c3ccccc3n2)CC1. The second-order valence-electron chi connectivity index (χ2n) is 9.41. The predicted molar refractivity (Wildman–Crippen MR) is 142 cm³/mol. The number of aryl methyl sites for hydroxylation is 1. The average Bonchev–Trinajstić information content (AvgIpc) is 3.24. The van der Waals surface area contributed by atoms with Gasteiger partial charge in [0.25, 0.3) is 0 Å². The van der Waals surface area contributed by atoms with Crippen LogP contribution in [0.3, 0.4) is 0 Å². The van der Waals surface area contributed by atoms with Crippen LogP contribution in [-0.4, -0.2) is 47.3 Å². The predicted octanol–water partition coefficient (Wildman–Crippen LogP) is 5.20. The molecule has 2 aromatic heterocycles. The molecule has 0 atom stereocenters. The van der Waals surface area contributed by atoms with Crippen molar-refractivity contribution < 1.29 is 9.32 Å². The summed E-state index contributed by atoms with van der Waals surface area (Å²) in [6.45, 7) is 1.82. The molecule has 0 bridgehead atoms. The zero-order valence-corrected chi connectivity index (χ0v) is 20.8. The monoisotopic (exact) mass is 485 g/mol. The highest BCUT2D eigenvalue weighted by Gasteiger charge is 2.25. The van der Waals surface area contributed by atoms with Gasteiger partial charge in [-0.05, 0) is 44.7 Å². The zero-order chi connectivity index (χ0) is 25.1. The van der Waals surface area contributed by atoms with E-state index in [0.29, 0.717) is 23.1 Å². The molecule has 0 radical (unpaired) electrons. The molecule has 5 rings (SSSR count). The van der Waals surface area contributed by atoms with Crippen LogP contribution in [0.15, 0.2) is 59.1 Å². The van der Waals surface area contributed by atoms with E-state index in [1.54, 1.807) is 0 Å². The number of hydrogen-bond donors (Lipinski definition) is 3. The molecular weight excluding hydrogens is 454 g/mol. The molecule has 36 heavy (non-hydrogen) atoms. The van der Waals surface area contributed by atoms with Crippen molar-refractivity contribution in [2.24, 2.45) is 0 Å². The Morgan fingerprint density at radius 3 is 2.39 bits per heavy atom. The summed E-state index contributed by atoms with van der Waals surface area (Å²) >= 11 is 0. The van der Waals surface area contributed by atoms with E-state index < -0.39 is 0 Å². The van der Waals surface area contributed by atoms with Gasteiger partial charge >= 0.3 is 6.03 Å². The first-order chi connectivity index (χ1) is 17.5. The molecule has 3 N–H and O–H groups in total. The van der Waals surface area contributed by atoms with Crippen molar-refractivity contribution in [3.63, 3.8) is 0 Å². The second kappa shape index (κ2) is 10.2. The number of carbonyl (C=O) groups is 1. The molecule has 1 fully saturated rings. The first-order valence-electron chi connectivity index (χ1n) is 12.3. The summed E-state index contributed by atoms with van der Waals surface area (Å²) in [6.07, 6.45) is 3.57. The van der Waals surface area contributed by atoms with Crippen molar-refractivity contribution in [2.75, 3.05) is 29.6 Å². The van der Waals surface area contributed by atoms with Crippen LogP contribution in [0, 0.1) is 6.92 Å². The van der Waals surface area contributed by atoms with E-state index in [2.05, 4.69) is 21.1 Å². The Balaban J connectivity index is 1.18. The van der Waals surface area contributed by atoms with Gasteiger partial charge in [0.1, 0.15) is 17.2 Å². The minimum atomic E-state index is -0.247. The van der Waals surface area contributed by atoms with Gasteiger partial charge in [0.05, 0.1) is 5.52 Å². The highest BCUT2D eigenvalue weighted by atomic mass is 16.5. The third kappa shape index (κ3) is 5.10. The summed E-state index contributed by atoms with van der Waals surface area (Å²) in [5.74, 6) is 2.10. The standard InChI is InChI=1S/C27H31N7O2/c1-17-23(24(36-33-17)18-9-5-4-6-10-18)31-27(35)29-20-15-13-19(14-16-20)28-26-30-22-12-8-7-11-21(22)25(32-26)34(2)3/h4-12,19-20H,13-16H2,1-3H3,(H,28,30,32)(H2,29,31,35)/t19-,20+. The van der Waals surface area contributed by atoms with Crippen LogP contribution < -0.4 is 20.9 Å². The van der Waals surface area contributed by atoms with Gasteiger partial charge in [-0.1, -0.05) is 47.6 Å². The number of carbonyl (C=O) groups excluding carboxylic acids is 1. The quantitative estimate of drug-likeness (QED) is 0.344. The summed E-state index contributed by atoms with van der Waals surface area (Å²) < 4.78 is 5.48. The van der Waals surface area contributed by atoms with E-state index in [1.807, 2.05) is 80.5 Å². The fraction of sp³-hybridized carbons (Fsp3) is 0.333. The van der Waals surface area contributed by atoms with Crippen LogP contribution in [-0.2, 0) is 0 Å². The van der Waals surface area contributed by atoms with Crippen LogP contribution in [0.5, 0.6) is 0 Å². The smallest absolute Gasteiger partial charge is 0.319 e. The molecular formula is C27H31N7O2. The summed E-state index contributed by atoms with van der Waals surface area (Å²) in [7, 11) is 3.98. The van der Waals surface area contributed by atoms with Gasteiger partial charge in [-0.3, -0.25) is 0 Å². The third-order valence-electron chi connectivity index (χ3n) is 6.54. The highest BCUT2D eigenvalue weighted by Crippen LogP contribution is 2.31. The van der Waals surface area contributed by atoms with Crippen molar-refractivity contribution in [2.45, 2.75) is 44.7 Å². The maximum absolute atomic E-state index is 12.8. The van der Waals surface area contributed by atoms with Gasteiger partial charge in [0.2, 0.25) is 5.95 Å². The molecule has 9 nitrogen and oxygen atoms in total. The van der Waals surface area contributed by atoms with Crippen LogP contribution in [0.1, 0.15) is 31.4 Å². The Morgan fingerprint density at radius 2 is 1.64 bits per heavy atom. The van der Waals surface area contributed by atoms with Crippen molar-refractivity contribution in [3.8, 4) is 11.3 Å². The number of benzene rings is 2. The molecule has 0 spiro atoms. The van der Waals surface area contributed by atoms with E-state index in [9.17, 15) is 4.79 Å². The van der Waals surface area contributed by atoms with Crippen molar-refractivity contribution >= 4 is 34.4 Å². The Bertz CT molecular complexity index is 1350. The Hall–Kier alpha value is -4.14. The van der Waals surface area contributed by atoms with E-state index in [4.69, 9.17) is 14.5 Å². The average molecular weight is 486 g/mol. The molecule has 0 unspecified atom stereocenters. The molecule has 2 amide bonds. The van der Waals surface area contributed by atoms with Gasteiger partial charge in [-0.25, -0.2) is 9.78 Å². The Morgan fingerprint density at radius 1 is 0.944 bits per heavy atom. The van der Waals surface area contributed by atoms with E-state index in [1.165, 1.54) is 0 Å². The first-order valence-corrected chi connectivity index (χ1v) is 12.3. The third-order valence-corrected chi connectivity index (χ3v) is 6.54. The summed E-state index contributed by atoms with van der Waals surface area (Å²) in [4.78, 5) is 24.3. The number of nitrogens with zero attached hydrogens (tertiary/aromatic N) is 4. The fourth-order valence-corrected chi connectivity index (χ4v) is 4.67. The first kappa shape index (κ1) is 23.6. The number of nitrogens with one attached hydrogen (secondary N) is 3. The van der Waals surface area contributed by atoms with Crippen LogP contribution >= 0.6 is 0 Å². The molecule has 2 heterocycles. The van der Waals surface area contributed by atoms with E-state index in [0.717, 1.165) is 48.0 Å². The summed E-state index contributed by atoms with van der Waals surface area (Å²) in [6, 6.07) is 17.8. The minimum absolute atomic E-state index is 0.0956. The van der Waals surface area contributed by atoms with Crippen LogP contribution in [0.2, 0.25) is 0 Å². The largest absolute Gasteiger partial charge is 0.362 e. The number of hydrogen-bond acceptors (Lipinski definition) is 7. The Kier molecular flexibility index (Phi) is 6.71. The Labute approximate surface area is 210 Å². The van der Waals surface area contributed by atoms with E-state index >= 15 is 0 Å². The molecule has 186 valence electrons. The van der Waals surface area contributed by atoms with Gasteiger partial charge in [-0.2, -0.15) is 4.98 Å². The molecule has 1 aliphatic rings. The fourth-order valence-electron chi connectivity index (χ4n) is 4.67. The molecule has 9 heteroatoms. The van der Waals surface area contributed by atoms with Gasteiger partial charge < -0.3 is 25.4 Å². The molecule has 1 saturated carbocycles. The highest BCUT2D eigenvalue weighted by molar-refractivity contribution is 5.94. The maximum Gasteiger partial charge on any atom is 0.319 e. The lowest BCUT2D eigenvalue weighted by molar-refractivity contribution is 0.243. The van der Waals surface area contributed by atoms with Crippen molar-refractivity contribution in [1.29, 1.82) is 0 Å². The molecule has 0 aliphatic heterocycles. The number of para-hydroxylation sites is 1. The molecule has 4 aromatic rings. The number of fused-ring (bicyclic) bond motifs is 1. The number of urea groups is 1. The number of anilines is 3. The van der Waals surface area contributed by atoms with Gasteiger partial charge in [0.15, 0.2) is 5.76 Å². The number of rotatable bonds is 6. The molecule has 1 aliphatic carbocycles. The lowest BCUT2D eigenvalue weighted by Crippen LogP contribution is -2.42. The second-order valence-corrected chi connectivity index (χ2v) is 9.41. The van der Waals surface area contributed by atoms with Crippen molar-refractivity contribution in [3.05, 3.63) is 60.3 Å². The lowest BCUT2D eigenvalue weighted by atomic mass is 9.91. The van der Waals surface area contributed by atoms with E-state index in [-0.39, 0.29) is 18.1 Å². The zero-order valence-electron chi connectivity index (χ0n) is 20.8. The topological polar surface area (TPSA) is 108 Å². The molecule has 2 aromatic carbocycles. The van der Waals surface area contributed by atoms with Crippen LogP contribution in [0.4, 0.5) is 22.2 Å². The van der Waals surface area contributed by atoms with Gasteiger partial charge in [-0.15, -0.1) is 0 Å². The summed E-state index contributed by atoms with van der Waals surface area (Å²) in [5, 5.41) is 14.6. The molecule has 0 saturated heterocycles. The van der Waals surface area contributed by atoms with Crippen molar-refractivity contribution in [1.82, 2.24) is 20.4 Å². The number of aromatic nitrogens is 3. The maximum atomic E-state index is 12.8. The van der Waals surface area contributed by atoms with Crippen LogP contribution in [0.25, 0.3) is 22.2 Å².